The molecule has 98 valence electrons. The second-order valence-electron chi connectivity index (χ2n) is 4.74. The first-order valence-corrected chi connectivity index (χ1v) is 6.32. The normalized spacial score (nSPS) is 9.84. The van der Waals surface area contributed by atoms with Gasteiger partial charge in [0.15, 0.2) is 0 Å². The van der Waals surface area contributed by atoms with Crippen molar-refractivity contribution in [2.75, 3.05) is 26.7 Å². The smallest absolute Gasteiger partial charge is 0.216 e. The quantitative estimate of drug-likeness (QED) is 0.448. The van der Waals surface area contributed by atoms with Crippen LogP contribution in [0.25, 0.3) is 0 Å². The molecule has 0 aromatic heterocycles. The van der Waals surface area contributed by atoms with E-state index in [9.17, 15) is 4.79 Å². The molecule has 0 aliphatic rings. The van der Waals surface area contributed by atoms with Crippen LogP contribution in [-0.2, 0) is 0 Å². The standard InChI is InChI=1S/C17H20NO/c1-4-6-13-18(3,14-7-5-2)15-17(19)16-11-9-8-10-12-16/h8-12H,13-15H2,1-3H3/q+1. The van der Waals surface area contributed by atoms with Gasteiger partial charge in [-0.2, -0.15) is 0 Å². The molecule has 0 amide bonds. The number of hydrogen-bond acceptors (Lipinski definition) is 1. The molecular weight excluding hydrogens is 234 g/mol. The lowest BCUT2D eigenvalue weighted by atomic mass is 10.1. The molecule has 0 unspecified atom stereocenters. The summed E-state index contributed by atoms with van der Waals surface area (Å²) >= 11 is 0. The highest BCUT2D eigenvalue weighted by molar-refractivity contribution is 5.96. The van der Waals surface area contributed by atoms with Crippen LogP contribution in [0.2, 0.25) is 0 Å². The van der Waals surface area contributed by atoms with Crippen LogP contribution in [0.3, 0.4) is 0 Å². The van der Waals surface area contributed by atoms with E-state index in [2.05, 4.69) is 23.7 Å². The average Bonchev–Trinajstić information content (AvgIpc) is 2.44. The third-order valence-corrected chi connectivity index (χ3v) is 2.90. The minimum Gasteiger partial charge on any atom is -0.299 e. The number of hydrogen-bond donors (Lipinski definition) is 0. The molecule has 0 atom stereocenters. The summed E-state index contributed by atoms with van der Waals surface area (Å²) in [7, 11) is 2.02. The molecule has 0 N–H and O–H groups in total. The highest BCUT2D eigenvalue weighted by Crippen LogP contribution is 2.07. The summed E-state index contributed by atoms with van der Waals surface area (Å²) in [4.78, 5) is 12.3. The molecule has 2 heteroatoms. The summed E-state index contributed by atoms with van der Waals surface area (Å²) in [6.45, 7) is 5.34. The van der Waals surface area contributed by atoms with Crippen molar-refractivity contribution in [3.63, 3.8) is 0 Å². The van der Waals surface area contributed by atoms with Gasteiger partial charge in [0, 0.05) is 5.56 Å². The summed E-state index contributed by atoms with van der Waals surface area (Å²) in [6.07, 6.45) is 0. The minimum absolute atomic E-state index is 0.138. The van der Waals surface area contributed by atoms with Crippen LogP contribution in [0, 0.1) is 23.7 Å². The Balaban J connectivity index is 2.83. The molecule has 19 heavy (non-hydrogen) atoms. The van der Waals surface area contributed by atoms with E-state index in [1.165, 1.54) is 0 Å². The maximum atomic E-state index is 12.3. The van der Waals surface area contributed by atoms with Crippen LogP contribution in [0.15, 0.2) is 30.3 Å². The Morgan fingerprint density at radius 1 is 1.05 bits per heavy atom. The Bertz CT molecular complexity index is 515. The molecule has 2 nitrogen and oxygen atoms in total. The van der Waals surface area contributed by atoms with Crippen molar-refractivity contribution in [3.05, 3.63) is 35.9 Å². The maximum Gasteiger partial charge on any atom is 0.216 e. The van der Waals surface area contributed by atoms with Gasteiger partial charge in [-0.3, -0.25) is 9.28 Å². The van der Waals surface area contributed by atoms with Crippen LogP contribution < -0.4 is 0 Å². The van der Waals surface area contributed by atoms with Crippen molar-refractivity contribution in [2.24, 2.45) is 0 Å². The number of nitrogens with zero attached hydrogens (tertiary/aromatic N) is 1. The van der Waals surface area contributed by atoms with Crippen LogP contribution in [0.5, 0.6) is 0 Å². The molecule has 0 heterocycles. The molecule has 1 rings (SSSR count). The summed E-state index contributed by atoms with van der Waals surface area (Å²) < 4.78 is 0.537. The molecule has 1 aromatic rings. The fourth-order valence-corrected chi connectivity index (χ4v) is 1.77. The topological polar surface area (TPSA) is 17.1 Å². The number of carbonyl (C=O) groups is 1. The maximum absolute atomic E-state index is 12.3. The number of rotatable bonds is 5. The third kappa shape index (κ3) is 5.00. The van der Waals surface area contributed by atoms with E-state index in [0.717, 1.165) is 5.56 Å². The van der Waals surface area contributed by atoms with Crippen molar-refractivity contribution in [1.82, 2.24) is 0 Å². The van der Waals surface area contributed by atoms with Crippen molar-refractivity contribution >= 4 is 5.78 Å². The SMILES string of the molecule is CC#CC[N+](C)(CC#CC)CC(=O)c1ccccc1. The lowest BCUT2D eigenvalue weighted by Gasteiger charge is -2.29. The number of Topliss-reactive ketones (excluding diaryl/α,β-unsaturated/α-hetero) is 1. The lowest BCUT2D eigenvalue weighted by molar-refractivity contribution is -0.887. The summed E-state index contributed by atoms with van der Waals surface area (Å²) in [6, 6.07) is 9.38. The molecule has 0 saturated carbocycles. The molecule has 1 aromatic carbocycles. The first-order valence-electron chi connectivity index (χ1n) is 6.32. The van der Waals surface area contributed by atoms with Gasteiger partial charge < -0.3 is 0 Å². The van der Waals surface area contributed by atoms with E-state index in [4.69, 9.17) is 0 Å². The average molecular weight is 254 g/mol. The number of benzene rings is 1. The molecule has 0 aliphatic carbocycles. The molecule has 0 aliphatic heterocycles. The van der Waals surface area contributed by atoms with E-state index >= 15 is 0 Å². The zero-order valence-corrected chi connectivity index (χ0v) is 11.9. The van der Waals surface area contributed by atoms with E-state index < -0.39 is 0 Å². The Morgan fingerprint density at radius 3 is 2.05 bits per heavy atom. The monoisotopic (exact) mass is 254 g/mol. The summed E-state index contributed by atoms with van der Waals surface area (Å²) in [5.74, 6) is 12.0. The van der Waals surface area contributed by atoms with Gasteiger partial charge in [0.25, 0.3) is 0 Å². The predicted molar refractivity (Wildman–Crippen MR) is 78.5 cm³/mol. The fraction of sp³-hybridized carbons (Fsp3) is 0.353. The Hall–Kier alpha value is -2.03. The van der Waals surface area contributed by atoms with Gasteiger partial charge in [-0.05, 0) is 25.7 Å². The molecular formula is C17H20NO+. The first-order chi connectivity index (χ1) is 9.11. The Kier molecular flexibility index (Phi) is 5.86. The van der Waals surface area contributed by atoms with Crippen LogP contribution in [0.1, 0.15) is 24.2 Å². The van der Waals surface area contributed by atoms with E-state index in [0.29, 0.717) is 24.1 Å². The number of likely N-dealkylation sites (N-methyl/N-ethyl adjacent to an activating group) is 1. The number of carbonyl (C=O) groups excluding carboxylic acids is 1. The molecule has 0 fully saturated rings. The van der Waals surface area contributed by atoms with Gasteiger partial charge in [-0.1, -0.05) is 30.3 Å². The summed E-state index contributed by atoms with van der Waals surface area (Å²) in [5, 5.41) is 0. The Morgan fingerprint density at radius 2 is 1.58 bits per heavy atom. The van der Waals surface area contributed by atoms with E-state index in [1.807, 2.05) is 51.2 Å². The van der Waals surface area contributed by atoms with Crippen LogP contribution in [-0.4, -0.2) is 36.9 Å². The summed E-state index contributed by atoms with van der Waals surface area (Å²) in [5.41, 5.74) is 0.751. The molecule has 0 saturated heterocycles. The van der Waals surface area contributed by atoms with Crippen molar-refractivity contribution in [1.29, 1.82) is 0 Å². The zero-order chi connectivity index (χ0) is 14.1. The molecule has 0 radical (unpaired) electrons. The van der Waals surface area contributed by atoms with Crippen LogP contribution >= 0.6 is 0 Å². The zero-order valence-electron chi connectivity index (χ0n) is 11.9. The number of ketones is 1. The van der Waals surface area contributed by atoms with Gasteiger partial charge in [0.1, 0.15) is 19.6 Å². The van der Waals surface area contributed by atoms with Crippen LogP contribution in [0.4, 0.5) is 0 Å². The lowest BCUT2D eigenvalue weighted by Crippen LogP contribution is -2.48. The van der Waals surface area contributed by atoms with Gasteiger partial charge in [-0.25, -0.2) is 0 Å². The number of quaternary nitrogens is 1. The second kappa shape index (κ2) is 7.41. The first kappa shape index (κ1) is 15.0. The third-order valence-electron chi connectivity index (χ3n) is 2.90. The van der Waals surface area contributed by atoms with Gasteiger partial charge in [-0.15, -0.1) is 11.8 Å². The van der Waals surface area contributed by atoms with Gasteiger partial charge in [0.05, 0.1) is 7.05 Å². The van der Waals surface area contributed by atoms with Crippen molar-refractivity contribution < 1.29 is 9.28 Å². The fourth-order valence-electron chi connectivity index (χ4n) is 1.77. The minimum atomic E-state index is 0.138. The predicted octanol–water partition coefficient (Wildman–Crippen LogP) is 2.36. The highest BCUT2D eigenvalue weighted by atomic mass is 16.1. The van der Waals surface area contributed by atoms with E-state index in [-0.39, 0.29) is 5.78 Å². The van der Waals surface area contributed by atoms with E-state index in [1.54, 1.807) is 0 Å². The molecule has 0 bridgehead atoms. The second-order valence-corrected chi connectivity index (χ2v) is 4.74. The van der Waals surface area contributed by atoms with Gasteiger partial charge >= 0.3 is 0 Å². The Labute approximate surface area is 116 Å². The van der Waals surface area contributed by atoms with Gasteiger partial charge in [0.2, 0.25) is 5.78 Å². The van der Waals surface area contributed by atoms with Crippen molar-refractivity contribution in [3.8, 4) is 23.7 Å². The highest BCUT2D eigenvalue weighted by Gasteiger charge is 2.24. The molecule has 0 spiro atoms. The van der Waals surface area contributed by atoms with Crippen molar-refractivity contribution in [2.45, 2.75) is 13.8 Å². The largest absolute Gasteiger partial charge is 0.299 e.